The average molecular weight is 259 g/mol. The second-order valence-electron chi connectivity index (χ2n) is 4.90. The van der Waals surface area contributed by atoms with Crippen LogP contribution in [0.1, 0.15) is 18.2 Å². The molecule has 0 radical (unpaired) electrons. The largest absolute Gasteiger partial charge is 0.375 e. The Labute approximate surface area is 111 Å². The Hall–Kier alpha value is -1.88. The molecular formula is C14H17N3O2. The summed E-state index contributed by atoms with van der Waals surface area (Å²) in [4.78, 5) is 21.6. The molecule has 0 bridgehead atoms. The highest BCUT2D eigenvalue weighted by Crippen LogP contribution is 2.26. The van der Waals surface area contributed by atoms with Crippen LogP contribution < -0.4 is 0 Å². The predicted octanol–water partition coefficient (Wildman–Crippen LogP) is 1.53. The number of likely N-dealkylation sites (tertiary alicyclic amines) is 1. The average Bonchev–Trinajstić information content (AvgIpc) is 3.05. The highest BCUT2D eigenvalue weighted by Gasteiger charge is 2.28. The van der Waals surface area contributed by atoms with Crippen LogP contribution >= 0.6 is 0 Å². The molecule has 5 heteroatoms. The van der Waals surface area contributed by atoms with E-state index in [0.29, 0.717) is 5.92 Å². The summed E-state index contributed by atoms with van der Waals surface area (Å²) in [6.07, 6.45) is 0.954. The van der Waals surface area contributed by atoms with Gasteiger partial charge in [0.1, 0.15) is 12.4 Å². The Morgan fingerprint density at radius 3 is 3.16 bits per heavy atom. The van der Waals surface area contributed by atoms with E-state index in [2.05, 4.69) is 9.97 Å². The van der Waals surface area contributed by atoms with Crippen LogP contribution in [0.5, 0.6) is 0 Å². The number of benzene rings is 1. The van der Waals surface area contributed by atoms with E-state index in [-0.39, 0.29) is 12.5 Å². The van der Waals surface area contributed by atoms with Crippen LogP contribution in [0.15, 0.2) is 24.3 Å². The van der Waals surface area contributed by atoms with E-state index < -0.39 is 0 Å². The maximum atomic E-state index is 11.8. The van der Waals surface area contributed by atoms with Crippen LogP contribution in [0.25, 0.3) is 11.0 Å². The number of nitrogens with zero attached hydrogens (tertiary/aromatic N) is 2. The van der Waals surface area contributed by atoms with Crippen molar-refractivity contribution in [2.75, 3.05) is 26.8 Å². The maximum absolute atomic E-state index is 11.8. The minimum Gasteiger partial charge on any atom is -0.375 e. The van der Waals surface area contributed by atoms with Crippen LogP contribution in [-0.2, 0) is 9.53 Å². The van der Waals surface area contributed by atoms with Crippen LogP contribution in [0.2, 0.25) is 0 Å². The van der Waals surface area contributed by atoms with E-state index in [4.69, 9.17) is 4.74 Å². The van der Waals surface area contributed by atoms with E-state index in [1.165, 1.54) is 0 Å². The van der Waals surface area contributed by atoms with Gasteiger partial charge in [-0.25, -0.2) is 4.98 Å². The van der Waals surface area contributed by atoms with Gasteiger partial charge >= 0.3 is 0 Å². The van der Waals surface area contributed by atoms with Crippen molar-refractivity contribution in [3.63, 3.8) is 0 Å². The molecule has 1 aliphatic rings. The van der Waals surface area contributed by atoms with E-state index in [0.717, 1.165) is 36.4 Å². The Bertz CT molecular complexity index is 560. The summed E-state index contributed by atoms with van der Waals surface area (Å²) in [5, 5.41) is 0. The van der Waals surface area contributed by atoms with Gasteiger partial charge in [0, 0.05) is 26.1 Å². The fraction of sp³-hybridized carbons (Fsp3) is 0.429. The van der Waals surface area contributed by atoms with Gasteiger partial charge in [0.15, 0.2) is 0 Å². The third kappa shape index (κ3) is 2.33. The van der Waals surface area contributed by atoms with E-state index >= 15 is 0 Å². The molecule has 1 saturated heterocycles. The molecule has 2 heterocycles. The molecule has 2 aromatic rings. The number of carbonyl (C=O) groups excluding carboxylic acids is 1. The van der Waals surface area contributed by atoms with Crippen molar-refractivity contribution in [3.8, 4) is 0 Å². The fourth-order valence-corrected chi connectivity index (χ4v) is 2.59. The highest BCUT2D eigenvalue weighted by molar-refractivity contribution is 5.78. The van der Waals surface area contributed by atoms with Crippen molar-refractivity contribution in [1.29, 1.82) is 0 Å². The van der Waals surface area contributed by atoms with E-state index in [1.807, 2.05) is 29.2 Å². The summed E-state index contributed by atoms with van der Waals surface area (Å²) in [6.45, 7) is 1.67. The number of hydrogen-bond acceptors (Lipinski definition) is 3. The normalized spacial score (nSPS) is 19.2. The van der Waals surface area contributed by atoms with Crippen LogP contribution in [-0.4, -0.2) is 47.6 Å². The molecule has 0 unspecified atom stereocenters. The van der Waals surface area contributed by atoms with Crippen molar-refractivity contribution >= 4 is 16.9 Å². The summed E-state index contributed by atoms with van der Waals surface area (Å²) in [5.41, 5.74) is 2.04. The zero-order valence-electron chi connectivity index (χ0n) is 10.9. The molecule has 1 aromatic heterocycles. The second kappa shape index (κ2) is 5.01. The van der Waals surface area contributed by atoms with Gasteiger partial charge in [-0.2, -0.15) is 0 Å². The first-order valence-electron chi connectivity index (χ1n) is 6.49. The number of aromatic nitrogens is 2. The first-order chi connectivity index (χ1) is 9.28. The summed E-state index contributed by atoms with van der Waals surface area (Å²) in [7, 11) is 1.55. The Morgan fingerprint density at radius 2 is 2.37 bits per heavy atom. The number of fused-ring (bicyclic) bond motifs is 1. The number of carbonyl (C=O) groups is 1. The number of methoxy groups -OCH3 is 1. The lowest BCUT2D eigenvalue weighted by atomic mass is 10.1. The lowest BCUT2D eigenvalue weighted by Crippen LogP contribution is -2.31. The first kappa shape index (κ1) is 12.2. The SMILES string of the molecule is COCC(=O)N1CC[C@H](c2nc3ccccc3[nH]2)C1. The summed E-state index contributed by atoms with van der Waals surface area (Å²) in [6, 6.07) is 8.00. The summed E-state index contributed by atoms with van der Waals surface area (Å²) >= 11 is 0. The lowest BCUT2D eigenvalue weighted by molar-refractivity contribution is -0.134. The van der Waals surface area contributed by atoms with Crippen molar-refractivity contribution in [3.05, 3.63) is 30.1 Å². The van der Waals surface area contributed by atoms with Crippen molar-refractivity contribution in [2.24, 2.45) is 0 Å². The van der Waals surface area contributed by atoms with Crippen molar-refractivity contribution in [1.82, 2.24) is 14.9 Å². The maximum Gasteiger partial charge on any atom is 0.248 e. The van der Waals surface area contributed by atoms with E-state index in [9.17, 15) is 4.79 Å². The number of rotatable bonds is 3. The Kier molecular flexibility index (Phi) is 3.21. The number of para-hydroxylation sites is 2. The monoisotopic (exact) mass is 259 g/mol. The van der Waals surface area contributed by atoms with Crippen LogP contribution in [0.4, 0.5) is 0 Å². The number of nitrogens with one attached hydrogen (secondary N) is 1. The molecule has 3 rings (SSSR count). The number of aromatic amines is 1. The third-order valence-electron chi connectivity index (χ3n) is 3.60. The molecular weight excluding hydrogens is 242 g/mol. The van der Waals surface area contributed by atoms with Gasteiger partial charge in [-0.05, 0) is 18.6 Å². The lowest BCUT2D eigenvalue weighted by Gasteiger charge is -2.15. The van der Waals surface area contributed by atoms with Crippen molar-refractivity contribution < 1.29 is 9.53 Å². The number of hydrogen-bond donors (Lipinski definition) is 1. The quantitative estimate of drug-likeness (QED) is 0.909. The number of ether oxygens (including phenoxy) is 1. The zero-order chi connectivity index (χ0) is 13.2. The molecule has 1 atom stereocenters. The number of H-pyrrole nitrogens is 1. The molecule has 0 saturated carbocycles. The van der Waals surface area contributed by atoms with Gasteiger partial charge in [-0.1, -0.05) is 12.1 Å². The van der Waals surface area contributed by atoms with Gasteiger partial charge < -0.3 is 14.6 Å². The van der Waals surface area contributed by atoms with E-state index in [1.54, 1.807) is 7.11 Å². The third-order valence-corrected chi connectivity index (χ3v) is 3.60. The molecule has 0 aliphatic carbocycles. The molecule has 19 heavy (non-hydrogen) atoms. The summed E-state index contributed by atoms with van der Waals surface area (Å²) in [5.74, 6) is 1.34. The molecule has 1 amide bonds. The Morgan fingerprint density at radius 1 is 1.53 bits per heavy atom. The highest BCUT2D eigenvalue weighted by atomic mass is 16.5. The van der Waals surface area contributed by atoms with Crippen LogP contribution in [0, 0.1) is 0 Å². The standard InChI is InChI=1S/C14H17N3O2/c1-19-9-13(18)17-7-6-10(8-17)14-15-11-4-2-3-5-12(11)16-14/h2-5,10H,6-9H2,1H3,(H,15,16)/t10-/m0/s1. The minimum atomic E-state index is 0.0566. The van der Waals surface area contributed by atoms with Gasteiger partial charge in [0.2, 0.25) is 5.91 Å². The fourth-order valence-electron chi connectivity index (χ4n) is 2.59. The molecule has 0 spiro atoms. The first-order valence-corrected chi connectivity index (χ1v) is 6.49. The van der Waals surface area contributed by atoms with Gasteiger partial charge in [0.25, 0.3) is 0 Å². The van der Waals surface area contributed by atoms with Gasteiger partial charge in [-0.3, -0.25) is 4.79 Å². The summed E-state index contributed by atoms with van der Waals surface area (Å²) < 4.78 is 4.89. The Balaban J connectivity index is 1.75. The molecule has 1 aromatic carbocycles. The predicted molar refractivity (Wildman–Crippen MR) is 71.9 cm³/mol. The van der Waals surface area contributed by atoms with Gasteiger partial charge in [0.05, 0.1) is 11.0 Å². The van der Waals surface area contributed by atoms with Gasteiger partial charge in [-0.15, -0.1) is 0 Å². The molecule has 1 fully saturated rings. The van der Waals surface area contributed by atoms with Crippen molar-refractivity contribution in [2.45, 2.75) is 12.3 Å². The molecule has 1 N–H and O–H groups in total. The van der Waals surface area contributed by atoms with Crippen LogP contribution in [0.3, 0.4) is 0 Å². The molecule has 5 nitrogen and oxygen atoms in total. The zero-order valence-corrected chi connectivity index (χ0v) is 10.9. The molecule has 100 valence electrons. The number of amides is 1. The molecule has 1 aliphatic heterocycles. The number of imidazole rings is 1. The topological polar surface area (TPSA) is 58.2 Å². The second-order valence-corrected chi connectivity index (χ2v) is 4.90. The minimum absolute atomic E-state index is 0.0566. The smallest absolute Gasteiger partial charge is 0.248 e.